The highest BCUT2D eigenvalue weighted by molar-refractivity contribution is 5.80. The second-order valence-electron chi connectivity index (χ2n) is 26.0. The first-order chi connectivity index (χ1) is 39.5. The van der Waals surface area contributed by atoms with Gasteiger partial charge >= 0.3 is 0 Å². The lowest BCUT2D eigenvalue weighted by Gasteiger charge is -2.27. The monoisotopic (exact) mass is 1130 g/mol. The molecule has 0 aromatic carbocycles. The summed E-state index contributed by atoms with van der Waals surface area (Å²) in [4.78, 5) is 12.7. The minimum atomic E-state index is -1.28. The Morgan fingerprint density at radius 1 is 0.300 bits per heavy atom. The first-order valence-electron chi connectivity index (χ1n) is 37.1. The quantitative estimate of drug-likeness (QED) is 0.0308. The summed E-state index contributed by atoms with van der Waals surface area (Å²) >= 11 is 0. The van der Waals surface area contributed by atoms with Gasteiger partial charge in [-0.25, -0.2) is 0 Å². The summed E-state index contributed by atoms with van der Waals surface area (Å²) < 4.78 is 0. The molecule has 4 unspecified atom stereocenters. The molecule has 1 amide bonds. The summed E-state index contributed by atoms with van der Waals surface area (Å²) in [5.41, 5.74) is 0. The number of rotatable bonds is 70. The molecular weight excluding hydrogens is 983 g/mol. The molecule has 0 heterocycles. The van der Waals surface area contributed by atoms with Crippen LogP contribution in [-0.2, 0) is 4.79 Å². The van der Waals surface area contributed by atoms with E-state index in [0.29, 0.717) is 12.8 Å². The van der Waals surface area contributed by atoms with Crippen molar-refractivity contribution in [2.24, 2.45) is 0 Å². The fourth-order valence-corrected chi connectivity index (χ4v) is 12.2. The van der Waals surface area contributed by atoms with Crippen LogP contribution in [0.25, 0.3) is 0 Å². The normalized spacial score (nSPS) is 13.4. The predicted octanol–water partition coefficient (Wildman–Crippen LogP) is 23.1. The van der Waals surface area contributed by atoms with Gasteiger partial charge in [0.25, 0.3) is 0 Å². The predicted molar refractivity (Wildman–Crippen MR) is 353 cm³/mol. The Hall–Kier alpha value is -0.950. The number of nitrogens with one attached hydrogen (secondary N) is 1. The van der Waals surface area contributed by atoms with Gasteiger partial charge in [-0.15, -0.1) is 0 Å². The Balaban J connectivity index is 3.50. The fraction of sp³-hybridized carbons (Fsp3) is 0.959. The van der Waals surface area contributed by atoms with Crippen LogP contribution in [0.5, 0.6) is 0 Å². The Morgan fingerprint density at radius 3 is 0.750 bits per heavy atom. The van der Waals surface area contributed by atoms with E-state index in [2.05, 4.69) is 31.3 Å². The molecule has 0 rings (SSSR count). The lowest BCUT2D eigenvalue weighted by molar-refractivity contribution is -0.132. The molecular formula is C74H147NO5. The van der Waals surface area contributed by atoms with E-state index in [1.807, 2.05) is 0 Å². The maximum atomic E-state index is 12.7. The van der Waals surface area contributed by atoms with Crippen LogP contribution in [0.3, 0.4) is 0 Å². The standard InChI is InChI=1S/C74H147NO5/c1-3-5-7-9-11-13-15-17-19-21-23-25-27-29-31-32-33-34-35-36-37-38-39-40-41-42-44-46-48-50-52-54-56-58-60-62-64-66-68-72(78)74(80)75-70(69-76)73(79)71(77)67-65-63-61-59-57-55-53-51-49-47-45-43-30-28-26-24-22-20-18-16-14-12-10-8-6-4-2/h59,61,70-73,76-79H,3-58,60,62-69H2,1-2H3,(H,75,80)/b61-59+. The zero-order chi connectivity index (χ0) is 58.0. The molecule has 80 heavy (non-hydrogen) atoms. The van der Waals surface area contributed by atoms with E-state index in [9.17, 15) is 25.2 Å². The molecule has 6 heteroatoms. The first kappa shape index (κ1) is 79.0. The maximum absolute atomic E-state index is 12.7. The molecule has 0 aliphatic rings. The highest BCUT2D eigenvalue weighted by atomic mass is 16.3. The molecule has 0 bridgehead atoms. The number of allylic oxidation sites excluding steroid dienone is 2. The molecule has 0 aliphatic carbocycles. The van der Waals surface area contributed by atoms with Gasteiger partial charge in [-0.2, -0.15) is 0 Å². The molecule has 6 nitrogen and oxygen atoms in total. The highest BCUT2D eigenvalue weighted by Gasteiger charge is 2.28. The molecule has 0 spiro atoms. The molecule has 4 atom stereocenters. The molecule has 0 saturated heterocycles. The van der Waals surface area contributed by atoms with Crippen LogP contribution >= 0.6 is 0 Å². The minimum absolute atomic E-state index is 0.369. The average molecular weight is 1130 g/mol. The van der Waals surface area contributed by atoms with Crippen molar-refractivity contribution in [3.05, 3.63) is 12.2 Å². The lowest BCUT2D eigenvalue weighted by Crippen LogP contribution is -2.53. The molecule has 0 aliphatic heterocycles. The second kappa shape index (κ2) is 68.8. The highest BCUT2D eigenvalue weighted by Crippen LogP contribution is 2.20. The van der Waals surface area contributed by atoms with Gasteiger partial charge in [-0.1, -0.05) is 398 Å². The SMILES string of the molecule is CCCCCCCCCCCCCCCCCCCCCCC/C=C/CCCC(O)C(O)C(CO)NC(=O)C(O)CCCCCCCCCCCCCCCCCCCCCCCCCCCCCCCCCCCCCCCC. The first-order valence-corrected chi connectivity index (χ1v) is 37.1. The van der Waals surface area contributed by atoms with Gasteiger partial charge in [0.05, 0.1) is 18.8 Å². The van der Waals surface area contributed by atoms with Gasteiger partial charge in [0.2, 0.25) is 5.91 Å². The van der Waals surface area contributed by atoms with Gasteiger partial charge in [-0.05, 0) is 38.5 Å². The Morgan fingerprint density at radius 2 is 0.512 bits per heavy atom. The summed E-state index contributed by atoms with van der Waals surface area (Å²) in [5.74, 6) is -0.583. The smallest absolute Gasteiger partial charge is 0.249 e. The Kier molecular flexibility index (Phi) is 68.0. The van der Waals surface area contributed by atoms with E-state index in [1.165, 1.54) is 360 Å². The number of amides is 1. The van der Waals surface area contributed by atoms with Crippen LogP contribution in [-0.4, -0.2) is 57.3 Å². The number of unbranched alkanes of at least 4 members (excludes halogenated alkanes) is 59. The minimum Gasteiger partial charge on any atom is -0.394 e. The fourth-order valence-electron chi connectivity index (χ4n) is 12.2. The Bertz CT molecular complexity index is 1180. The number of hydrogen-bond acceptors (Lipinski definition) is 5. The van der Waals surface area contributed by atoms with Crippen LogP contribution in [0, 0.1) is 0 Å². The average Bonchev–Trinajstić information content (AvgIpc) is 3.46. The van der Waals surface area contributed by atoms with Crippen molar-refractivity contribution >= 4 is 5.91 Å². The largest absolute Gasteiger partial charge is 0.394 e. The maximum Gasteiger partial charge on any atom is 0.249 e. The number of aliphatic hydroxyl groups excluding tert-OH is 4. The summed E-state index contributed by atoms with van der Waals surface area (Å²) in [6.45, 7) is 4.11. The van der Waals surface area contributed by atoms with Crippen molar-refractivity contribution in [2.45, 2.75) is 449 Å². The second-order valence-corrected chi connectivity index (χ2v) is 26.0. The zero-order valence-electron chi connectivity index (χ0n) is 54.6. The van der Waals surface area contributed by atoms with E-state index in [-0.39, 0.29) is 0 Å². The van der Waals surface area contributed by atoms with E-state index in [4.69, 9.17) is 0 Å². The molecule has 0 fully saturated rings. The van der Waals surface area contributed by atoms with Crippen LogP contribution in [0.2, 0.25) is 0 Å². The van der Waals surface area contributed by atoms with E-state index in [1.54, 1.807) is 0 Å². The molecule has 478 valence electrons. The molecule has 0 radical (unpaired) electrons. The zero-order valence-corrected chi connectivity index (χ0v) is 54.6. The summed E-state index contributed by atoms with van der Waals surface area (Å²) in [7, 11) is 0. The third-order valence-electron chi connectivity index (χ3n) is 18.0. The Labute approximate surface area is 502 Å². The third-order valence-corrected chi connectivity index (χ3v) is 18.0. The van der Waals surface area contributed by atoms with Crippen molar-refractivity contribution in [3.8, 4) is 0 Å². The van der Waals surface area contributed by atoms with Crippen LogP contribution < -0.4 is 5.32 Å². The number of carbonyl (C=O) groups is 1. The number of aliphatic hydroxyl groups is 4. The van der Waals surface area contributed by atoms with Gasteiger partial charge in [0.1, 0.15) is 12.2 Å². The lowest BCUT2D eigenvalue weighted by atomic mass is 10.00. The molecule has 0 aromatic heterocycles. The number of hydrogen-bond donors (Lipinski definition) is 5. The van der Waals surface area contributed by atoms with Gasteiger partial charge in [-0.3, -0.25) is 4.79 Å². The summed E-state index contributed by atoms with van der Waals surface area (Å²) in [6.07, 6.45) is 86.6. The van der Waals surface area contributed by atoms with Gasteiger partial charge < -0.3 is 25.7 Å². The van der Waals surface area contributed by atoms with E-state index in [0.717, 1.165) is 38.5 Å². The topological polar surface area (TPSA) is 110 Å². The van der Waals surface area contributed by atoms with Gasteiger partial charge in [0.15, 0.2) is 0 Å². The molecule has 5 N–H and O–H groups in total. The van der Waals surface area contributed by atoms with E-state index < -0.39 is 36.9 Å². The third kappa shape index (κ3) is 61.6. The van der Waals surface area contributed by atoms with Crippen LogP contribution in [0.1, 0.15) is 425 Å². The van der Waals surface area contributed by atoms with Crippen molar-refractivity contribution in [3.63, 3.8) is 0 Å². The molecule has 0 aromatic rings. The van der Waals surface area contributed by atoms with Crippen molar-refractivity contribution in [1.82, 2.24) is 5.32 Å². The van der Waals surface area contributed by atoms with Crippen LogP contribution in [0.15, 0.2) is 12.2 Å². The van der Waals surface area contributed by atoms with Crippen molar-refractivity contribution in [1.29, 1.82) is 0 Å². The summed E-state index contributed by atoms with van der Waals surface area (Å²) in [5, 5.41) is 44.2. The van der Waals surface area contributed by atoms with Crippen molar-refractivity contribution < 1.29 is 25.2 Å². The number of carbonyl (C=O) groups excluding carboxylic acids is 1. The van der Waals surface area contributed by atoms with Crippen molar-refractivity contribution in [2.75, 3.05) is 6.61 Å². The van der Waals surface area contributed by atoms with Crippen LogP contribution in [0.4, 0.5) is 0 Å². The van der Waals surface area contributed by atoms with Gasteiger partial charge in [0, 0.05) is 0 Å². The molecule has 0 saturated carbocycles. The summed E-state index contributed by atoms with van der Waals surface area (Å²) in [6, 6.07) is -1.00. The van der Waals surface area contributed by atoms with E-state index >= 15 is 0 Å².